The fourth-order valence-electron chi connectivity index (χ4n) is 8.48. The second-order valence-electron chi connectivity index (χ2n) is 12.9. The molecule has 0 amide bonds. The molecule has 2 aromatic carbocycles. The lowest BCUT2D eigenvalue weighted by Crippen LogP contribution is -2.60. The van der Waals surface area contributed by atoms with Crippen molar-refractivity contribution in [2.24, 2.45) is 0 Å². The van der Waals surface area contributed by atoms with Crippen LogP contribution in [0.4, 0.5) is 14.6 Å². The van der Waals surface area contributed by atoms with E-state index in [4.69, 9.17) is 29.2 Å². The molecule has 1 N–H and O–H groups in total. The Balaban J connectivity index is 1.22. The summed E-state index contributed by atoms with van der Waals surface area (Å²) in [5, 5.41) is 5.84. The Labute approximate surface area is 253 Å². The van der Waals surface area contributed by atoms with Crippen LogP contribution in [0.2, 0.25) is 0 Å². The number of fused-ring (bicyclic) bond motifs is 7. The number of anilines is 1. The Bertz CT molecular complexity index is 1800. The normalized spacial score (nSPS) is 29.0. The van der Waals surface area contributed by atoms with Gasteiger partial charge in [0.25, 0.3) is 0 Å². The number of hydrogen-bond acceptors (Lipinski definition) is 9. The first kappa shape index (κ1) is 26.6. The molecule has 3 unspecified atom stereocenters. The second-order valence-corrected chi connectivity index (χ2v) is 12.9. The van der Waals surface area contributed by atoms with Crippen LogP contribution in [0.3, 0.4) is 0 Å². The smallest absolute Gasteiger partial charge is 0.319 e. The number of hydrogen-bond donors (Lipinski definition) is 1. The molecule has 5 aliphatic rings. The highest BCUT2D eigenvalue weighted by Crippen LogP contribution is 2.45. The van der Waals surface area contributed by atoms with Gasteiger partial charge in [-0.2, -0.15) is 9.97 Å². The van der Waals surface area contributed by atoms with Crippen molar-refractivity contribution >= 4 is 27.5 Å². The fraction of sp³-hybridized carbons (Fsp3) is 0.485. The molecule has 9 rings (SSSR count). The molecule has 5 aliphatic heterocycles. The van der Waals surface area contributed by atoms with Gasteiger partial charge in [0.15, 0.2) is 5.82 Å². The lowest BCUT2D eigenvalue weighted by Gasteiger charge is -2.40. The summed E-state index contributed by atoms with van der Waals surface area (Å²) in [6.07, 6.45) is 3.53. The van der Waals surface area contributed by atoms with Gasteiger partial charge in [-0.3, -0.25) is 4.90 Å². The number of methoxy groups -OCH3 is 1. The van der Waals surface area contributed by atoms with Gasteiger partial charge in [0.2, 0.25) is 5.88 Å². The zero-order chi connectivity index (χ0) is 29.6. The molecule has 9 nitrogen and oxygen atoms in total. The molecule has 4 aromatic rings. The van der Waals surface area contributed by atoms with E-state index in [1.807, 2.05) is 36.4 Å². The van der Waals surface area contributed by atoms with E-state index in [-0.39, 0.29) is 41.5 Å². The van der Waals surface area contributed by atoms with E-state index in [0.29, 0.717) is 54.0 Å². The van der Waals surface area contributed by atoms with Crippen LogP contribution >= 0.6 is 0 Å². The van der Waals surface area contributed by atoms with Gasteiger partial charge >= 0.3 is 6.01 Å². The fourth-order valence-corrected chi connectivity index (χ4v) is 8.48. The Kier molecular flexibility index (Phi) is 5.94. The lowest BCUT2D eigenvalue weighted by atomic mass is 9.95. The first-order valence-corrected chi connectivity index (χ1v) is 15.7. The predicted octanol–water partition coefficient (Wildman–Crippen LogP) is 4.65. The van der Waals surface area contributed by atoms with Crippen LogP contribution in [0, 0.1) is 5.82 Å². The third-order valence-electron chi connectivity index (χ3n) is 10.5. The van der Waals surface area contributed by atoms with Crippen molar-refractivity contribution < 1.29 is 23.0 Å². The molecule has 0 spiro atoms. The quantitative estimate of drug-likeness (QED) is 0.352. The van der Waals surface area contributed by atoms with Crippen LogP contribution in [0.15, 0.2) is 36.4 Å². The topological polar surface area (TPSA) is 84.9 Å². The number of ether oxygens (including phenoxy) is 3. The van der Waals surface area contributed by atoms with E-state index in [1.54, 1.807) is 7.11 Å². The maximum absolute atomic E-state index is 17.0. The maximum atomic E-state index is 17.0. The van der Waals surface area contributed by atoms with Crippen molar-refractivity contribution in [3.05, 3.63) is 42.2 Å². The van der Waals surface area contributed by atoms with E-state index >= 15 is 4.39 Å². The number of pyridine rings is 1. The first-order valence-electron chi connectivity index (χ1n) is 15.7. The molecule has 0 aliphatic carbocycles. The van der Waals surface area contributed by atoms with E-state index < -0.39 is 12.0 Å². The molecule has 11 heteroatoms. The van der Waals surface area contributed by atoms with Crippen LogP contribution in [0.1, 0.15) is 32.1 Å². The molecule has 2 aromatic heterocycles. The van der Waals surface area contributed by atoms with Gasteiger partial charge in [-0.1, -0.05) is 30.3 Å². The molecular formula is C33H34F2N6O3. The highest BCUT2D eigenvalue weighted by atomic mass is 19.1. The Morgan fingerprint density at radius 3 is 2.86 bits per heavy atom. The summed E-state index contributed by atoms with van der Waals surface area (Å²) >= 11 is 0. The number of benzene rings is 2. The lowest BCUT2D eigenvalue weighted by molar-refractivity contribution is 0.107. The summed E-state index contributed by atoms with van der Waals surface area (Å²) in [6.45, 7) is 2.66. The molecule has 0 saturated carbocycles. The van der Waals surface area contributed by atoms with Crippen LogP contribution in [0.25, 0.3) is 32.9 Å². The first-order chi connectivity index (χ1) is 21.5. The van der Waals surface area contributed by atoms with Crippen molar-refractivity contribution in [1.82, 2.24) is 25.2 Å². The van der Waals surface area contributed by atoms with Gasteiger partial charge in [0, 0.05) is 42.5 Å². The van der Waals surface area contributed by atoms with Gasteiger partial charge in [-0.25, -0.2) is 13.8 Å². The zero-order valence-corrected chi connectivity index (χ0v) is 24.6. The maximum Gasteiger partial charge on any atom is 0.319 e. The Hall–Kier alpha value is -3.83. The second kappa shape index (κ2) is 9.84. The van der Waals surface area contributed by atoms with Crippen molar-refractivity contribution in [3.8, 4) is 28.9 Å². The predicted molar refractivity (Wildman–Crippen MR) is 162 cm³/mol. The van der Waals surface area contributed by atoms with Crippen molar-refractivity contribution in [2.45, 2.75) is 61.9 Å². The third-order valence-corrected chi connectivity index (χ3v) is 10.5. The van der Waals surface area contributed by atoms with E-state index in [0.717, 1.165) is 49.5 Å². The van der Waals surface area contributed by atoms with E-state index in [2.05, 4.69) is 15.1 Å². The van der Waals surface area contributed by atoms with E-state index in [1.165, 1.54) is 0 Å². The van der Waals surface area contributed by atoms with Crippen molar-refractivity contribution in [1.29, 1.82) is 0 Å². The summed E-state index contributed by atoms with van der Waals surface area (Å²) in [7, 11) is 1.61. The zero-order valence-electron chi connectivity index (χ0n) is 24.6. The van der Waals surface area contributed by atoms with Gasteiger partial charge in [-0.15, -0.1) is 0 Å². The minimum atomic E-state index is -0.873. The van der Waals surface area contributed by atoms with Gasteiger partial charge in [0.1, 0.15) is 47.5 Å². The number of alkyl halides is 1. The number of aromatic nitrogens is 3. The summed E-state index contributed by atoms with van der Waals surface area (Å²) < 4.78 is 49.9. The number of halogens is 2. The molecule has 0 radical (unpaired) electrons. The minimum absolute atomic E-state index is 0.00380. The Morgan fingerprint density at radius 1 is 1.09 bits per heavy atom. The van der Waals surface area contributed by atoms with Crippen LogP contribution in [-0.2, 0) is 0 Å². The average molecular weight is 601 g/mol. The summed E-state index contributed by atoms with van der Waals surface area (Å²) in [5.41, 5.74) is 0.455. The highest BCUT2D eigenvalue weighted by Gasteiger charge is 2.50. The SMILES string of the molecule is COc1cccc2cccc(-c3nc4c5c(nc(OC[C@@]67CCCN6C[C@H](F)C7)nc5c3F)N3CC5CCC(N5)C3CO4)c12. The van der Waals surface area contributed by atoms with Gasteiger partial charge < -0.3 is 24.4 Å². The number of nitrogens with one attached hydrogen (secondary N) is 1. The highest BCUT2D eigenvalue weighted by molar-refractivity contribution is 6.03. The Morgan fingerprint density at radius 2 is 1.98 bits per heavy atom. The number of piperazine rings is 1. The molecule has 5 atom stereocenters. The largest absolute Gasteiger partial charge is 0.496 e. The third kappa shape index (κ3) is 3.91. The standard InChI is InChI=1S/C33H34F2N6O3/c1-42-24-8-3-6-18-5-2-7-21(25(18)24)28-27(35)29-26-30(41-15-20-9-10-22(36-20)23(41)16-43-31(26)37-28)39-32(38-29)44-17-33-11-4-12-40(33)14-19(34)13-33/h2-3,5-8,19-20,22-23,36H,4,9-17H2,1H3/t19-,20?,22?,23?,33+/m1/s1. The monoisotopic (exact) mass is 600 g/mol. The molecule has 44 heavy (non-hydrogen) atoms. The number of nitrogens with zero attached hydrogens (tertiary/aromatic N) is 5. The molecule has 228 valence electrons. The number of rotatable bonds is 5. The molecule has 4 saturated heterocycles. The van der Waals surface area contributed by atoms with Crippen LogP contribution in [-0.4, -0.2) is 89.6 Å². The van der Waals surface area contributed by atoms with E-state index in [9.17, 15) is 4.39 Å². The average Bonchev–Trinajstić information content (AvgIpc) is 3.67. The molecule has 4 fully saturated rings. The molecule has 2 bridgehead atoms. The van der Waals surface area contributed by atoms with Gasteiger partial charge in [-0.05, 0) is 43.7 Å². The summed E-state index contributed by atoms with van der Waals surface area (Å²) in [5.74, 6) is 0.957. The van der Waals surface area contributed by atoms with Crippen molar-refractivity contribution in [3.63, 3.8) is 0 Å². The van der Waals surface area contributed by atoms with Crippen molar-refractivity contribution in [2.75, 3.05) is 44.9 Å². The van der Waals surface area contributed by atoms with Gasteiger partial charge in [0.05, 0.1) is 18.7 Å². The molecular weight excluding hydrogens is 566 g/mol. The summed E-state index contributed by atoms with van der Waals surface area (Å²) in [4.78, 5) is 18.9. The summed E-state index contributed by atoms with van der Waals surface area (Å²) in [6, 6.07) is 12.1. The van der Waals surface area contributed by atoms with Crippen LogP contribution < -0.4 is 24.4 Å². The van der Waals surface area contributed by atoms with Crippen LogP contribution in [0.5, 0.6) is 17.6 Å². The molecule has 7 heterocycles. The minimum Gasteiger partial charge on any atom is -0.496 e.